The van der Waals surface area contributed by atoms with E-state index in [1.807, 2.05) is 25.1 Å². The molecule has 1 unspecified atom stereocenters. The second-order valence-corrected chi connectivity index (χ2v) is 4.36. The third-order valence-electron chi connectivity index (χ3n) is 3.32. The average Bonchev–Trinajstić information content (AvgIpc) is 2.82. The predicted molar refractivity (Wildman–Crippen MR) is 59.6 cm³/mol. The van der Waals surface area contributed by atoms with E-state index in [2.05, 4.69) is 4.98 Å². The number of Topliss-reactive ketones (excluding diaryl/α,β-unsaturated/α-hetero) is 1. The molecule has 0 bridgehead atoms. The highest BCUT2D eigenvalue weighted by molar-refractivity contribution is 5.87. The highest BCUT2D eigenvalue weighted by Crippen LogP contribution is 2.30. The number of hydrogen-bond acceptors (Lipinski definition) is 2. The molecule has 1 aliphatic carbocycles. The summed E-state index contributed by atoms with van der Waals surface area (Å²) in [5.74, 6) is 0.641. The van der Waals surface area contributed by atoms with Crippen molar-refractivity contribution >= 4 is 5.78 Å². The molecule has 1 fully saturated rings. The van der Waals surface area contributed by atoms with Gasteiger partial charge in [-0.1, -0.05) is 18.9 Å². The lowest BCUT2D eigenvalue weighted by Gasteiger charge is -2.14. The minimum Gasteiger partial charge on any atom is -0.299 e. The highest BCUT2D eigenvalue weighted by Gasteiger charge is 2.27. The van der Waals surface area contributed by atoms with Gasteiger partial charge in [-0.2, -0.15) is 0 Å². The van der Waals surface area contributed by atoms with Crippen molar-refractivity contribution < 1.29 is 4.79 Å². The van der Waals surface area contributed by atoms with Crippen LogP contribution in [0.15, 0.2) is 24.4 Å². The normalized spacial score (nSPS) is 19.0. The lowest BCUT2D eigenvalue weighted by atomic mass is 9.90. The van der Waals surface area contributed by atoms with Gasteiger partial charge in [0.15, 0.2) is 0 Å². The number of nitrogens with zero attached hydrogens (tertiary/aromatic N) is 1. The third-order valence-corrected chi connectivity index (χ3v) is 3.32. The van der Waals surface area contributed by atoms with Crippen molar-refractivity contribution in [2.24, 2.45) is 5.92 Å². The molecule has 0 N–H and O–H groups in total. The highest BCUT2D eigenvalue weighted by atomic mass is 16.1. The van der Waals surface area contributed by atoms with Gasteiger partial charge in [-0.3, -0.25) is 9.78 Å². The van der Waals surface area contributed by atoms with Gasteiger partial charge < -0.3 is 0 Å². The van der Waals surface area contributed by atoms with E-state index in [1.54, 1.807) is 6.20 Å². The van der Waals surface area contributed by atoms with E-state index in [9.17, 15) is 4.79 Å². The van der Waals surface area contributed by atoms with E-state index in [-0.39, 0.29) is 5.92 Å². The van der Waals surface area contributed by atoms with Crippen LogP contribution >= 0.6 is 0 Å². The number of carbonyl (C=O) groups is 1. The molecule has 1 heterocycles. The van der Waals surface area contributed by atoms with E-state index in [0.29, 0.717) is 11.7 Å². The molecule has 2 heteroatoms. The smallest absolute Gasteiger partial charge is 0.144 e. The molecule has 1 aromatic rings. The van der Waals surface area contributed by atoms with Crippen LogP contribution in [0.1, 0.15) is 44.2 Å². The van der Waals surface area contributed by atoms with Gasteiger partial charge in [-0.15, -0.1) is 0 Å². The largest absolute Gasteiger partial charge is 0.299 e. The average molecular weight is 203 g/mol. The van der Waals surface area contributed by atoms with Crippen molar-refractivity contribution in [1.29, 1.82) is 0 Å². The van der Waals surface area contributed by atoms with Crippen molar-refractivity contribution in [1.82, 2.24) is 4.98 Å². The van der Waals surface area contributed by atoms with Gasteiger partial charge >= 0.3 is 0 Å². The molecular weight excluding hydrogens is 186 g/mol. The Kier molecular flexibility index (Phi) is 3.14. The molecule has 1 aliphatic rings. The van der Waals surface area contributed by atoms with Crippen LogP contribution in [-0.4, -0.2) is 10.8 Å². The summed E-state index contributed by atoms with van der Waals surface area (Å²) in [4.78, 5) is 16.4. The van der Waals surface area contributed by atoms with E-state index >= 15 is 0 Å². The Hall–Kier alpha value is -1.18. The zero-order chi connectivity index (χ0) is 10.7. The summed E-state index contributed by atoms with van der Waals surface area (Å²) in [7, 11) is 0. The van der Waals surface area contributed by atoms with Gasteiger partial charge in [0, 0.05) is 12.1 Å². The summed E-state index contributed by atoms with van der Waals surface area (Å²) in [5, 5.41) is 0. The van der Waals surface area contributed by atoms with Gasteiger partial charge in [0.25, 0.3) is 0 Å². The topological polar surface area (TPSA) is 30.0 Å². The summed E-state index contributed by atoms with van der Waals surface area (Å²) in [5.41, 5.74) is 0.911. The van der Waals surface area contributed by atoms with Gasteiger partial charge in [-0.25, -0.2) is 0 Å². The van der Waals surface area contributed by atoms with Crippen molar-refractivity contribution in [2.45, 2.75) is 38.5 Å². The molecule has 0 amide bonds. The zero-order valence-electron chi connectivity index (χ0n) is 9.15. The number of pyridine rings is 1. The van der Waals surface area contributed by atoms with Crippen LogP contribution in [0.2, 0.25) is 0 Å². The molecule has 1 saturated carbocycles. The molecule has 15 heavy (non-hydrogen) atoms. The Morgan fingerprint density at radius 2 is 2.13 bits per heavy atom. The second kappa shape index (κ2) is 4.56. The van der Waals surface area contributed by atoms with Gasteiger partial charge in [0.1, 0.15) is 5.78 Å². The molecule has 1 aromatic heterocycles. The molecular formula is C13H17NO. The Balaban J connectivity index is 2.07. The van der Waals surface area contributed by atoms with Crippen LogP contribution in [0, 0.1) is 5.92 Å². The lowest BCUT2D eigenvalue weighted by molar-refractivity contribution is -0.123. The summed E-state index contributed by atoms with van der Waals surface area (Å²) in [6, 6.07) is 5.77. The molecule has 2 rings (SSSR count). The molecule has 0 radical (unpaired) electrons. The van der Waals surface area contributed by atoms with Crippen molar-refractivity contribution in [3.05, 3.63) is 30.1 Å². The van der Waals surface area contributed by atoms with E-state index in [0.717, 1.165) is 18.5 Å². The van der Waals surface area contributed by atoms with Gasteiger partial charge in [-0.05, 0) is 31.9 Å². The van der Waals surface area contributed by atoms with Gasteiger partial charge in [0.2, 0.25) is 0 Å². The number of ketones is 1. The predicted octanol–water partition coefficient (Wildman–Crippen LogP) is 2.94. The minimum absolute atomic E-state index is 0.0331. The van der Waals surface area contributed by atoms with E-state index in [1.165, 1.54) is 12.8 Å². The van der Waals surface area contributed by atoms with E-state index in [4.69, 9.17) is 0 Å². The Labute approximate surface area is 90.7 Å². The molecule has 0 aliphatic heterocycles. The van der Waals surface area contributed by atoms with Crippen LogP contribution in [0.25, 0.3) is 0 Å². The van der Waals surface area contributed by atoms with Crippen molar-refractivity contribution in [3.8, 4) is 0 Å². The van der Waals surface area contributed by atoms with Crippen molar-refractivity contribution in [2.75, 3.05) is 0 Å². The molecule has 1 atom stereocenters. The number of rotatable bonds is 3. The monoisotopic (exact) mass is 203 g/mol. The van der Waals surface area contributed by atoms with Crippen LogP contribution in [0.5, 0.6) is 0 Å². The summed E-state index contributed by atoms with van der Waals surface area (Å²) >= 11 is 0. The first-order valence-electron chi connectivity index (χ1n) is 5.73. The fourth-order valence-electron chi connectivity index (χ4n) is 2.34. The summed E-state index contributed by atoms with van der Waals surface area (Å²) < 4.78 is 0. The fraction of sp³-hybridized carbons (Fsp3) is 0.538. The lowest BCUT2D eigenvalue weighted by Crippen LogP contribution is -2.18. The Morgan fingerprint density at radius 1 is 1.40 bits per heavy atom. The maximum atomic E-state index is 12.1. The van der Waals surface area contributed by atoms with Crippen LogP contribution in [0.4, 0.5) is 0 Å². The first kappa shape index (κ1) is 10.3. The molecule has 0 spiro atoms. The van der Waals surface area contributed by atoms with Gasteiger partial charge in [0.05, 0.1) is 11.6 Å². The quantitative estimate of drug-likeness (QED) is 0.756. The van der Waals surface area contributed by atoms with Crippen LogP contribution < -0.4 is 0 Å². The maximum absolute atomic E-state index is 12.1. The third kappa shape index (κ3) is 2.25. The van der Waals surface area contributed by atoms with E-state index < -0.39 is 0 Å². The fourth-order valence-corrected chi connectivity index (χ4v) is 2.34. The first-order chi connectivity index (χ1) is 7.29. The van der Waals surface area contributed by atoms with Crippen LogP contribution in [-0.2, 0) is 4.79 Å². The SMILES string of the molecule is CC(C(=O)C1CCCC1)c1ccccn1. The first-order valence-corrected chi connectivity index (χ1v) is 5.73. The summed E-state index contributed by atoms with van der Waals surface area (Å²) in [6.07, 6.45) is 6.34. The second-order valence-electron chi connectivity index (χ2n) is 4.36. The number of aromatic nitrogens is 1. The van der Waals surface area contributed by atoms with Crippen LogP contribution in [0.3, 0.4) is 0 Å². The van der Waals surface area contributed by atoms with Crippen molar-refractivity contribution in [3.63, 3.8) is 0 Å². The Bertz CT molecular complexity index is 328. The summed E-state index contributed by atoms with van der Waals surface area (Å²) in [6.45, 7) is 1.98. The molecule has 2 nitrogen and oxygen atoms in total. The standard InChI is InChI=1S/C13H17NO/c1-10(12-8-4-5-9-14-12)13(15)11-6-2-3-7-11/h4-5,8-11H,2-3,6-7H2,1H3. The minimum atomic E-state index is -0.0331. The number of carbonyl (C=O) groups excluding carboxylic acids is 1. The molecule has 0 aromatic carbocycles. The Morgan fingerprint density at radius 3 is 2.73 bits per heavy atom. The molecule has 0 saturated heterocycles. The zero-order valence-corrected chi connectivity index (χ0v) is 9.15. The molecule has 80 valence electrons. The number of hydrogen-bond donors (Lipinski definition) is 0. The maximum Gasteiger partial charge on any atom is 0.144 e.